The molecule has 0 aliphatic carbocycles. The highest BCUT2D eigenvalue weighted by molar-refractivity contribution is 7.22. The van der Waals surface area contributed by atoms with Gasteiger partial charge in [-0.3, -0.25) is 4.79 Å². The molecule has 160 valence electrons. The molecular formula is C22H21N3O5S. The summed E-state index contributed by atoms with van der Waals surface area (Å²) < 4.78 is 16.6. The van der Waals surface area contributed by atoms with Gasteiger partial charge in [0.1, 0.15) is 11.3 Å². The molecule has 2 bridgehead atoms. The molecule has 1 aromatic heterocycles. The van der Waals surface area contributed by atoms with Crippen LogP contribution in [-0.4, -0.2) is 56.4 Å². The number of aromatic nitrogens is 1. The molecule has 0 spiro atoms. The van der Waals surface area contributed by atoms with Gasteiger partial charge in [0.2, 0.25) is 0 Å². The standard InChI is InChI=1S/C22H21N3O5S/c1-28-17-8-7-16-19(31-22(24-16)25-12-9-13(25)11-30-10-12)18(17)20(26)23-15-6-4-3-5-14(15)21(27)29-2/h3-8,12-13H,9-11H2,1-2H3,(H,23,26). The quantitative estimate of drug-likeness (QED) is 0.610. The monoisotopic (exact) mass is 439 g/mol. The molecule has 31 heavy (non-hydrogen) atoms. The second-order valence-electron chi connectivity index (χ2n) is 7.47. The highest BCUT2D eigenvalue weighted by Crippen LogP contribution is 2.42. The Hall–Kier alpha value is -3.17. The zero-order chi connectivity index (χ0) is 21.5. The van der Waals surface area contributed by atoms with Crippen molar-refractivity contribution in [1.29, 1.82) is 0 Å². The summed E-state index contributed by atoms with van der Waals surface area (Å²) in [5.41, 5.74) is 1.78. The number of benzene rings is 2. The Labute approximate surface area is 182 Å². The van der Waals surface area contributed by atoms with Gasteiger partial charge >= 0.3 is 5.97 Å². The Morgan fingerprint density at radius 1 is 1.16 bits per heavy atom. The molecule has 2 aliphatic rings. The van der Waals surface area contributed by atoms with Gasteiger partial charge in [-0.15, -0.1) is 0 Å². The van der Waals surface area contributed by atoms with Gasteiger partial charge < -0.3 is 24.4 Å². The van der Waals surface area contributed by atoms with Crippen LogP contribution < -0.4 is 15.0 Å². The van der Waals surface area contributed by atoms with E-state index in [2.05, 4.69) is 10.2 Å². The summed E-state index contributed by atoms with van der Waals surface area (Å²) >= 11 is 1.47. The smallest absolute Gasteiger partial charge is 0.339 e. The lowest BCUT2D eigenvalue weighted by molar-refractivity contribution is 0.0103. The molecule has 2 fully saturated rings. The topological polar surface area (TPSA) is 90.0 Å². The number of para-hydroxylation sites is 1. The van der Waals surface area contributed by atoms with Crippen LogP contribution in [0.4, 0.5) is 10.8 Å². The molecule has 2 atom stereocenters. The fraction of sp³-hybridized carbons (Fsp3) is 0.318. The van der Waals surface area contributed by atoms with Crippen molar-refractivity contribution in [3.05, 3.63) is 47.5 Å². The first-order valence-corrected chi connectivity index (χ1v) is 10.7. The van der Waals surface area contributed by atoms with Gasteiger partial charge in [0.25, 0.3) is 5.91 Å². The Bertz CT molecular complexity index is 1160. The first-order chi connectivity index (χ1) is 15.1. The maximum Gasteiger partial charge on any atom is 0.339 e. The summed E-state index contributed by atoms with van der Waals surface area (Å²) in [7, 11) is 2.83. The minimum atomic E-state index is -0.521. The third-order valence-corrected chi connectivity index (χ3v) is 6.81. The van der Waals surface area contributed by atoms with E-state index in [1.165, 1.54) is 25.6 Å². The molecule has 2 unspecified atom stereocenters. The van der Waals surface area contributed by atoms with Crippen molar-refractivity contribution in [2.24, 2.45) is 0 Å². The number of methoxy groups -OCH3 is 2. The molecule has 9 heteroatoms. The van der Waals surface area contributed by atoms with Crippen molar-refractivity contribution >= 4 is 44.2 Å². The Balaban J connectivity index is 1.53. The third kappa shape index (κ3) is 3.30. The number of fused-ring (bicyclic) bond motifs is 3. The van der Waals surface area contributed by atoms with Crippen molar-refractivity contribution < 1.29 is 23.8 Å². The van der Waals surface area contributed by atoms with E-state index in [0.29, 0.717) is 42.3 Å². The molecule has 2 saturated heterocycles. The number of esters is 1. The number of carbonyl (C=O) groups is 2. The number of rotatable bonds is 5. The van der Waals surface area contributed by atoms with Crippen LogP contribution in [0.1, 0.15) is 27.1 Å². The molecule has 5 rings (SSSR count). The van der Waals surface area contributed by atoms with Crippen molar-refractivity contribution in [3.8, 4) is 5.75 Å². The summed E-state index contributed by atoms with van der Waals surface area (Å²) in [5.74, 6) is -0.447. The second kappa shape index (κ2) is 7.82. The number of morpholine rings is 1. The molecule has 2 aliphatic heterocycles. The number of nitrogens with zero attached hydrogens (tertiary/aromatic N) is 2. The predicted molar refractivity (Wildman–Crippen MR) is 117 cm³/mol. The molecule has 3 aromatic rings. The van der Waals surface area contributed by atoms with Gasteiger partial charge in [0.15, 0.2) is 5.13 Å². The number of hydrogen-bond acceptors (Lipinski definition) is 8. The summed E-state index contributed by atoms with van der Waals surface area (Å²) in [6, 6.07) is 11.0. The van der Waals surface area contributed by atoms with E-state index < -0.39 is 5.97 Å². The Morgan fingerprint density at radius 2 is 1.94 bits per heavy atom. The van der Waals surface area contributed by atoms with Crippen molar-refractivity contribution in [2.45, 2.75) is 18.5 Å². The lowest BCUT2D eigenvalue weighted by Gasteiger charge is -2.52. The number of thiazole rings is 1. The van der Waals surface area contributed by atoms with Crippen LogP contribution in [0.25, 0.3) is 10.2 Å². The number of ether oxygens (including phenoxy) is 3. The van der Waals surface area contributed by atoms with Crippen LogP contribution in [0.15, 0.2) is 36.4 Å². The molecular weight excluding hydrogens is 418 g/mol. The van der Waals surface area contributed by atoms with Crippen LogP contribution in [-0.2, 0) is 9.47 Å². The number of amides is 1. The maximum absolute atomic E-state index is 13.3. The largest absolute Gasteiger partial charge is 0.496 e. The fourth-order valence-corrected chi connectivity index (χ4v) is 5.42. The minimum absolute atomic E-state index is 0.280. The van der Waals surface area contributed by atoms with E-state index in [-0.39, 0.29) is 11.5 Å². The molecule has 0 saturated carbocycles. The predicted octanol–water partition coefficient (Wildman–Crippen LogP) is 3.32. The van der Waals surface area contributed by atoms with Gasteiger partial charge in [-0.25, -0.2) is 9.78 Å². The van der Waals surface area contributed by atoms with Crippen molar-refractivity contribution in [1.82, 2.24) is 4.98 Å². The van der Waals surface area contributed by atoms with Crippen LogP contribution in [0.5, 0.6) is 5.75 Å². The molecule has 0 radical (unpaired) electrons. The van der Waals surface area contributed by atoms with Gasteiger partial charge in [0, 0.05) is 0 Å². The zero-order valence-electron chi connectivity index (χ0n) is 17.1. The lowest BCUT2D eigenvalue weighted by Crippen LogP contribution is -2.64. The van der Waals surface area contributed by atoms with Crippen molar-refractivity contribution in [2.75, 3.05) is 37.7 Å². The van der Waals surface area contributed by atoms with Crippen LogP contribution in [0, 0.1) is 0 Å². The molecule has 1 amide bonds. The van der Waals surface area contributed by atoms with Crippen LogP contribution in [0.3, 0.4) is 0 Å². The van der Waals surface area contributed by atoms with E-state index in [4.69, 9.17) is 19.2 Å². The van der Waals surface area contributed by atoms with Gasteiger partial charge in [-0.1, -0.05) is 23.5 Å². The second-order valence-corrected chi connectivity index (χ2v) is 8.44. The molecule has 8 nitrogen and oxygen atoms in total. The first-order valence-electron chi connectivity index (χ1n) is 9.93. The zero-order valence-corrected chi connectivity index (χ0v) is 17.9. The van der Waals surface area contributed by atoms with Crippen LogP contribution in [0.2, 0.25) is 0 Å². The van der Waals surface area contributed by atoms with E-state index in [9.17, 15) is 9.59 Å². The number of carbonyl (C=O) groups excluding carboxylic acids is 2. The van der Waals surface area contributed by atoms with E-state index >= 15 is 0 Å². The normalized spacial score (nSPS) is 19.6. The number of hydrogen-bond donors (Lipinski definition) is 1. The average molecular weight is 439 g/mol. The van der Waals surface area contributed by atoms with Crippen molar-refractivity contribution in [3.63, 3.8) is 0 Å². The van der Waals surface area contributed by atoms with E-state index in [0.717, 1.165) is 21.8 Å². The molecule has 3 heterocycles. The minimum Gasteiger partial charge on any atom is -0.496 e. The van der Waals surface area contributed by atoms with E-state index in [1.54, 1.807) is 30.3 Å². The summed E-state index contributed by atoms with van der Waals surface area (Å²) in [5, 5.41) is 3.73. The Kier molecular flexibility index (Phi) is 4.99. The van der Waals surface area contributed by atoms with Gasteiger partial charge in [-0.05, 0) is 30.7 Å². The summed E-state index contributed by atoms with van der Waals surface area (Å²) in [6.45, 7) is 1.40. The van der Waals surface area contributed by atoms with E-state index in [1.807, 2.05) is 6.07 Å². The fourth-order valence-electron chi connectivity index (χ4n) is 4.17. The highest BCUT2D eigenvalue weighted by Gasteiger charge is 2.44. The summed E-state index contributed by atoms with van der Waals surface area (Å²) in [6.07, 6.45) is 1.11. The Morgan fingerprint density at radius 3 is 2.65 bits per heavy atom. The highest BCUT2D eigenvalue weighted by atomic mass is 32.1. The summed E-state index contributed by atoms with van der Waals surface area (Å²) in [4.78, 5) is 32.5. The molecule has 2 aromatic carbocycles. The average Bonchev–Trinajstić information content (AvgIpc) is 3.21. The molecule has 1 N–H and O–H groups in total. The SMILES string of the molecule is COC(=O)c1ccccc1NC(=O)c1c(OC)ccc2nc(N3C4COCC3C4)sc12. The number of nitrogens with one attached hydrogen (secondary N) is 1. The number of anilines is 2. The van der Waals surface area contributed by atoms with Crippen LogP contribution >= 0.6 is 11.3 Å². The first kappa shape index (κ1) is 19.8. The van der Waals surface area contributed by atoms with Gasteiger partial charge in [-0.2, -0.15) is 0 Å². The van der Waals surface area contributed by atoms with Gasteiger partial charge in [0.05, 0.1) is 61.0 Å². The maximum atomic E-state index is 13.3. The lowest BCUT2D eigenvalue weighted by atomic mass is 9.92. The third-order valence-electron chi connectivity index (χ3n) is 5.71.